The maximum atomic E-state index is 5.54. The van der Waals surface area contributed by atoms with E-state index in [1.54, 1.807) is 0 Å². The van der Waals surface area contributed by atoms with Gasteiger partial charge < -0.3 is 14.5 Å². The van der Waals surface area contributed by atoms with Gasteiger partial charge in [0.15, 0.2) is 0 Å². The molecule has 0 amide bonds. The zero-order chi connectivity index (χ0) is 10.7. The van der Waals surface area contributed by atoms with Crippen LogP contribution in [-0.4, -0.2) is 62.2 Å². The molecular formula is C10H21N3O. The number of ether oxygens (including phenoxy) is 1. The Bertz CT molecular complexity index is 213. The fourth-order valence-corrected chi connectivity index (χ4v) is 1.49. The number of hydrogen-bond acceptors (Lipinski definition) is 3. The summed E-state index contributed by atoms with van der Waals surface area (Å²) in [4.78, 5) is 8.71. The largest absolute Gasteiger partial charge is 0.463 e. The lowest BCUT2D eigenvalue weighted by Crippen LogP contribution is -2.38. The summed E-state index contributed by atoms with van der Waals surface area (Å²) in [5, 5.41) is 0. The standard InChI is InChI=1S/C10H21N3O/c1-8(2)11-10-13(5)9(7-14-10)6-12(3)4/h8-9H,6-7H2,1-5H3/b11-10-. The number of rotatable bonds is 3. The van der Waals surface area contributed by atoms with Gasteiger partial charge in [-0.3, -0.25) is 0 Å². The predicted molar refractivity (Wildman–Crippen MR) is 58.6 cm³/mol. The molecule has 0 bridgehead atoms. The van der Waals surface area contributed by atoms with Gasteiger partial charge in [0.05, 0.1) is 6.04 Å². The molecule has 1 fully saturated rings. The van der Waals surface area contributed by atoms with Gasteiger partial charge in [0, 0.05) is 19.6 Å². The summed E-state index contributed by atoms with van der Waals surface area (Å²) in [6, 6.07) is 1.51. The number of likely N-dealkylation sites (N-methyl/N-ethyl adjacent to an activating group) is 2. The van der Waals surface area contributed by atoms with E-state index in [1.807, 2.05) is 7.05 Å². The Morgan fingerprint density at radius 1 is 1.57 bits per heavy atom. The van der Waals surface area contributed by atoms with Crippen LogP contribution in [-0.2, 0) is 4.74 Å². The number of nitrogens with zero attached hydrogens (tertiary/aromatic N) is 3. The normalized spacial score (nSPS) is 25.2. The van der Waals surface area contributed by atoms with Gasteiger partial charge in [0.1, 0.15) is 6.61 Å². The van der Waals surface area contributed by atoms with Crippen molar-refractivity contribution in [1.82, 2.24) is 9.80 Å². The molecule has 1 aliphatic rings. The third kappa shape index (κ3) is 2.87. The minimum absolute atomic E-state index is 0.297. The van der Waals surface area contributed by atoms with Crippen LogP contribution in [0.4, 0.5) is 0 Å². The molecule has 1 saturated heterocycles. The molecule has 1 atom stereocenters. The lowest BCUT2D eigenvalue weighted by molar-refractivity contribution is 0.262. The van der Waals surface area contributed by atoms with Crippen LogP contribution in [0.1, 0.15) is 13.8 Å². The summed E-state index contributed by atoms with van der Waals surface area (Å²) >= 11 is 0. The number of aliphatic imine (C=N–C) groups is 1. The number of hydrogen-bond donors (Lipinski definition) is 0. The summed E-state index contributed by atoms with van der Waals surface area (Å²) in [7, 11) is 6.19. The Kier molecular flexibility index (Phi) is 3.75. The molecular weight excluding hydrogens is 178 g/mol. The first kappa shape index (κ1) is 11.3. The third-order valence-corrected chi connectivity index (χ3v) is 2.20. The van der Waals surface area contributed by atoms with E-state index >= 15 is 0 Å². The Morgan fingerprint density at radius 3 is 2.71 bits per heavy atom. The van der Waals surface area contributed by atoms with E-state index in [0.29, 0.717) is 12.1 Å². The Balaban J connectivity index is 2.55. The quantitative estimate of drug-likeness (QED) is 0.668. The monoisotopic (exact) mass is 199 g/mol. The maximum absolute atomic E-state index is 5.54. The molecule has 14 heavy (non-hydrogen) atoms. The molecule has 0 N–H and O–H groups in total. The van der Waals surface area contributed by atoms with E-state index in [0.717, 1.165) is 19.2 Å². The van der Waals surface area contributed by atoms with Crippen molar-refractivity contribution in [1.29, 1.82) is 0 Å². The van der Waals surface area contributed by atoms with Crippen LogP contribution in [0, 0.1) is 0 Å². The second kappa shape index (κ2) is 4.64. The second-order valence-corrected chi connectivity index (χ2v) is 4.34. The van der Waals surface area contributed by atoms with Crippen molar-refractivity contribution in [3.05, 3.63) is 0 Å². The molecule has 4 heteroatoms. The van der Waals surface area contributed by atoms with Gasteiger partial charge in [-0.15, -0.1) is 0 Å². The number of amidine groups is 1. The van der Waals surface area contributed by atoms with Crippen molar-refractivity contribution in [2.75, 3.05) is 34.3 Å². The van der Waals surface area contributed by atoms with Gasteiger partial charge in [-0.2, -0.15) is 0 Å². The lowest BCUT2D eigenvalue weighted by Gasteiger charge is -2.21. The molecule has 0 saturated carbocycles. The molecule has 0 radical (unpaired) electrons. The Hall–Kier alpha value is -0.770. The van der Waals surface area contributed by atoms with Gasteiger partial charge in [0.2, 0.25) is 0 Å². The molecule has 0 aromatic rings. The molecule has 82 valence electrons. The third-order valence-electron chi connectivity index (χ3n) is 2.20. The molecule has 0 spiro atoms. The minimum Gasteiger partial charge on any atom is -0.463 e. The molecule has 0 aliphatic carbocycles. The van der Waals surface area contributed by atoms with E-state index < -0.39 is 0 Å². The van der Waals surface area contributed by atoms with Crippen molar-refractivity contribution in [3.63, 3.8) is 0 Å². The van der Waals surface area contributed by atoms with Crippen molar-refractivity contribution in [2.24, 2.45) is 4.99 Å². The van der Waals surface area contributed by atoms with Crippen LogP contribution < -0.4 is 0 Å². The molecule has 1 unspecified atom stereocenters. The van der Waals surface area contributed by atoms with Gasteiger partial charge in [-0.05, 0) is 27.9 Å². The van der Waals surface area contributed by atoms with Crippen LogP contribution in [0.5, 0.6) is 0 Å². The summed E-state index contributed by atoms with van der Waals surface area (Å²) in [5.41, 5.74) is 0. The van der Waals surface area contributed by atoms with Crippen molar-refractivity contribution in [3.8, 4) is 0 Å². The summed E-state index contributed by atoms with van der Waals surface area (Å²) in [6.45, 7) is 5.88. The smallest absolute Gasteiger partial charge is 0.287 e. The summed E-state index contributed by atoms with van der Waals surface area (Å²) < 4.78 is 5.54. The molecule has 1 heterocycles. The predicted octanol–water partition coefficient (Wildman–Crippen LogP) is 0.643. The highest BCUT2D eigenvalue weighted by Crippen LogP contribution is 2.11. The average molecular weight is 199 g/mol. The minimum atomic E-state index is 0.297. The fraction of sp³-hybridized carbons (Fsp3) is 0.900. The van der Waals surface area contributed by atoms with Gasteiger partial charge in [0.25, 0.3) is 6.02 Å². The molecule has 1 aliphatic heterocycles. The van der Waals surface area contributed by atoms with E-state index in [1.165, 1.54) is 0 Å². The molecule has 0 aromatic carbocycles. The highest BCUT2D eigenvalue weighted by atomic mass is 16.5. The van der Waals surface area contributed by atoms with E-state index in [9.17, 15) is 0 Å². The lowest BCUT2D eigenvalue weighted by atomic mass is 10.3. The fourth-order valence-electron chi connectivity index (χ4n) is 1.49. The highest BCUT2D eigenvalue weighted by molar-refractivity contribution is 5.75. The van der Waals surface area contributed by atoms with Crippen LogP contribution >= 0.6 is 0 Å². The van der Waals surface area contributed by atoms with E-state index in [-0.39, 0.29) is 0 Å². The van der Waals surface area contributed by atoms with E-state index in [2.05, 4.69) is 42.7 Å². The zero-order valence-electron chi connectivity index (χ0n) is 9.82. The highest BCUT2D eigenvalue weighted by Gasteiger charge is 2.28. The first-order valence-electron chi connectivity index (χ1n) is 5.09. The Labute approximate surface area is 86.5 Å². The van der Waals surface area contributed by atoms with Crippen LogP contribution in [0.25, 0.3) is 0 Å². The first-order chi connectivity index (χ1) is 6.50. The van der Waals surface area contributed by atoms with Crippen molar-refractivity contribution < 1.29 is 4.74 Å². The van der Waals surface area contributed by atoms with Gasteiger partial charge in [-0.1, -0.05) is 0 Å². The second-order valence-electron chi connectivity index (χ2n) is 4.34. The topological polar surface area (TPSA) is 28.1 Å². The summed E-state index contributed by atoms with van der Waals surface area (Å²) in [5.74, 6) is 0. The first-order valence-corrected chi connectivity index (χ1v) is 5.09. The molecule has 1 rings (SSSR count). The molecule has 4 nitrogen and oxygen atoms in total. The average Bonchev–Trinajstić information content (AvgIpc) is 2.34. The molecule has 0 aromatic heterocycles. The van der Waals surface area contributed by atoms with Crippen LogP contribution in [0.3, 0.4) is 0 Å². The van der Waals surface area contributed by atoms with Crippen molar-refractivity contribution >= 4 is 6.02 Å². The van der Waals surface area contributed by atoms with Crippen molar-refractivity contribution in [2.45, 2.75) is 25.9 Å². The SMILES string of the molecule is CC(C)/N=C1\OCC(CN(C)C)N1C. The van der Waals surface area contributed by atoms with Gasteiger partial charge >= 0.3 is 0 Å². The van der Waals surface area contributed by atoms with E-state index in [4.69, 9.17) is 4.74 Å². The van der Waals surface area contributed by atoms with Crippen LogP contribution in [0.2, 0.25) is 0 Å². The van der Waals surface area contributed by atoms with Crippen LogP contribution in [0.15, 0.2) is 4.99 Å². The maximum Gasteiger partial charge on any atom is 0.287 e. The Morgan fingerprint density at radius 2 is 2.21 bits per heavy atom. The van der Waals surface area contributed by atoms with Gasteiger partial charge in [-0.25, -0.2) is 4.99 Å². The summed E-state index contributed by atoms with van der Waals surface area (Å²) in [6.07, 6.45) is 0. The zero-order valence-corrected chi connectivity index (χ0v) is 9.82.